The van der Waals surface area contributed by atoms with E-state index < -0.39 is 0 Å². The van der Waals surface area contributed by atoms with Crippen LogP contribution in [0, 0.1) is 5.41 Å². The van der Waals surface area contributed by atoms with Crippen LogP contribution in [0.15, 0.2) is 0 Å². The maximum Gasteiger partial charge on any atom is 0.227 e. The van der Waals surface area contributed by atoms with Crippen LogP contribution < -0.4 is 11.1 Å². The van der Waals surface area contributed by atoms with E-state index in [0.717, 1.165) is 38.6 Å². The molecule has 1 rings (SSSR count). The van der Waals surface area contributed by atoms with Gasteiger partial charge in [-0.2, -0.15) is 11.8 Å². The molecule has 0 aliphatic heterocycles. The van der Waals surface area contributed by atoms with Crippen molar-refractivity contribution in [1.82, 2.24) is 5.32 Å². The minimum Gasteiger partial charge on any atom is -0.356 e. The lowest BCUT2D eigenvalue weighted by Crippen LogP contribution is -2.44. The Bertz CT molecular complexity index is 227. The van der Waals surface area contributed by atoms with Crippen LogP contribution in [0.3, 0.4) is 0 Å². The van der Waals surface area contributed by atoms with Gasteiger partial charge in [-0.3, -0.25) is 4.79 Å². The normalized spacial score (nSPS) is 20.7. The van der Waals surface area contributed by atoms with E-state index in [-0.39, 0.29) is 11.3 Å². The van der Waals surface area contributed by atoms with Crippen LogP contribution in [0.4, 0.5) is 0 Å². The second-order valence-corrected chi connectivity index (χ2v) is 6.06. The highest BCUT2D eigenvalue weighted by molar-refractivity contribution is 7.99. The third-order valence-electron chi connectivity index (χ3n) is 3.67. The second kappa shape index (κ2) is 6.50. The molecule has 0 spiro atoms. The van der Waals surface area contributed by atoms with E-state index in [4.69, 9.17) is 5.73 Å². The van der Waals surface area contributed by atoms with Gasteiger partial charge in [0.1, 0.15) is 0 Å². The summed E-state index contributed by atoms with van der Waals surface area (Å²) in [5, 5.41) is 3.66. The molecule has 0 aromatic heterocycles. The average molecular weight is 244 g/mol. The van der Waals surface area contributed by atoms with E-state index in [0.29, 0.717) is 11.8 Å². The molecule has 1 saturated carbocycles. The number of thioether (sulfide) groups is 1. The number of carbonyl (C=O) groups excluding carboxylic acids is 1. The Morgan fingerprint density at radius 2 is 2.12 bits per heavy atom. The highest BCUT2D eigenvalue weighted by atomic mass is 32.2. The maximum absolute atomic E-state index is 12.1. The summed E-state index contributed by atoms with van der Waals surface area (Å²) in [7, 11) is 0. The molecule has 1 aliphatic carbocycles. The summed E-state index contributed by atoms with van der Waals surface area (Å²) in [4.78, 5) is 12.1. The topological polar surface area (TPSA) is 55.1 Å². The molecule has 0 saturated heterocycles. The highest BCUT2D eigenvalue weighted by Crippen LogP contribution is 2.37. The Balaban J connectivity index is 2.33. The van der Waals surface area contributed by atoms with Gasteiger partial charge in [0.2, 0.25) is 5.91 Å². The maximum atomic E-state index is 12.1. The molecule has 0 radical (unpaired) electrons. The molecule has 1 aliphatic rings. The molecule has 1 amide bonds. The van der Waals surface area contributed by atoms with Crippen LogP contribution in [-0.2, 0) is 4.79 Å². The van der Waals surface area contributed by atoms with Gasteiger partial charge in [0, 0.05) is 18.3 Å². The fourth-order valence-electron chi connectivity index (χ4n) is 2.27. The fraction of sp³-hybridized carbons (Fsp3) is 0.917. The molecule has 1 unspecified atom stereocenters. The van der Waals surface area contributed by atoms with Crippen LogP contribution in [0.5, 0.6) is 0 Å². The number of nitrogens with one attached hydrogen (secondary N) is 1. The van der Waals surface area contributed by atoms with E-state index >= 15 is 0 Å². The van der Waals surface area contributed by atoms with Crippen LogP contribution in [0.1, 0.15) is 39.0 Å². The van der Waals surface area contributed by atoms with Crippen molar-refractivity contribution < 1.29 is 4.79 Å². The van der Waals surface area contributed by atoms with Gasteiger partial charge >= 0.3 is 0 Å². The zero-order valence-corrected chi connectivity index (χ0v) is 11.2. The van der Waals surface area contributed by atoms with E-state index in [9.17, 15) is 4.79 Å². The van der Waals surface area contributed by atoms with E-state index in [1.165, 1.54) is 0 Å². The van der Waals surface area contributed by atoms with Gasteiger partial charge in [-0.1, -0.05) is 19.8 Å². The predicted octanol–water partition coefficient (Wildman–Crippen LogP) is 1.76. The highest BCUT2D eigenvalue weighted by Gasteiger charge is 2.39. The van der Waals surface area contributed by atoms with E-state index in [1.54, 1.807) is 0 Å². The minimum atomic E-state index is -0.247. The van der Waals surface area contributed by atoms with Gasteiger partial charge in [-0.05, 0) is 25.5 Å². The first kappa shape index (κ1) is 13.8. The van der Waals surface area contributed by atoms with E-state index in [1.807, 2.05) is 11.8 Å². The fourth-order valence-corrected chi connectivity index (χ4v) is 2.62. The molecule has 94 valence electrons. The van der Waals surface area contributed by atoms with Gasteiger partial charge in [0.15, 0.2) is 0 Å². The molecule has 3 N–H and O–H groups in total. The third kappa shape index (κ3) is 3.39. The Kier molecular flexibility index (Phi) is 5.62. The van der Waals surface area contributed by atoms with Crippen molar-refractivity contribution >= 4 is 17.7 Å². The standard InChI is InChI=1S/C12H24N2OS/c1-10(16-2)5-8-14-11(15)12(9-13)6-3-4-7-12/h10H,3-9,13H2,1-2H3,(H,14,15). The summed E-state index contributed by atoms with van der Waals surface area (Å²) in [5.74, 6) is 0.181. The van der Waals surface area contributed by atoms with Gasteiger partial charge in [-0.25, -0.2) is 0 Å². The summed E-state index contributed by atoms with van der Waals surface area (Å²) in [6.45, 7) is 3.46. The van der Waals surface area contributed by atoms with Crippen molar-refractivity contribution in [2.24, 2.45) is 11.1 Å². The molecule has 0 aromatic carbocycles. The van der Waals surface area contributed by atoms with Crippen molar-refractivity contribution in [1.29, 1.82) is 0 Å². The van der Waals surface area contributed by atoms with Crippen LogP contribution in [0.25, 0.3) is 0 Å². The molecular weight excluding hydrogens is 220 g/mol. The number of rotatable bonds is 6. The number of hydrogen-bond donors (Lipinski definition) is 2. The van der Waals surface area contributed by atoms with Crippen molar-refractivity contribution in [2.45, 2.75) is 44.3 Å². The zero-order valence-electron chi connectivity index (χ0n) is 10.4. The van der Waals surface area contributed by atoms with Crippen LogP contribution in [-0.4, -0.2) is 30.5 Å². The number of nitrogens with two attached hydrogens (primary N) is 1. The third-order valence-corrected chi connectivity index (χ3v) is 4.71. The van der Waals surface area contributed by atoms with Gasteiger partial charge < -0.3 is 11.1 Å². The average Bonchev–Trinajstić information content (AvgIpc) is 2.78. The minimum absolute atomic E-state index is 0.181. The second-order valence-electron chi connectivity index (χ2n) is 4.78. The Morgan fingerprint density at radius 3 is 2.62 bits per heavy atom. The Hall–Kier alpha value is -0.220. The zero-order chi connectivity index (χ0) is 12.0. The number of amides is 1. The molecule has 0 bridgehead atoms. The van der Waals surface area contributed by atoms with Gasteiger partial charge in [0.05, 0.1) is 5.41 Å². The monoisotopic (exact) mass is 244 g/mol. The Morgan fingerprint density at radius 1 is 1.50 bits per heavy atom. The molecule has 0 aromatic rings. The largest absolute Gasteiger partial charge is 0.356 e. The molecule has 16 heavy (non-hydrogen) atoms. The van der Waals surface area contributed by atoms with E-state index in [2.05, 4.69) is 18.5 Å². The summed E-state index contributed by atoms with van der Waals surface area (Å²) < 4.78 is 0. The summed E-state index contributed by atoms with van der Waals surface area (Å²) in [5.41, 5.74) is 5.52. The molecule has 4 heteroatoms. The van der Waals surface area contributed by atoms with Gasteiger partial charge in [-0.15, -0.1) is 0 Å². The summed E-state index contributed by atoms with van der Waals surface area (Å²) in [6, 6.07) is 0. The molecule has 1 fully saturated rings. The number of hydrogen-bond acceptors (Lipinski definition) is 3. The van der Waals surface area contributed by atoms with Gasteiger partial charge in [0.25, 0.3) is 0 Å². The van der Waals surface area contributed by atoms with Crippen LogP contribution >= 0.6 is 11.8 Å². The summed E-state index contributed by atoms with van der Waals surface area (Å²) in [6.07, 6.45) is 7.36. The van der Waals surface area contributed by atoms with Crippen molar-refractivity contribution in [2.75, 3.05) is 19.3 Å². The first-order valence-corrected chi connectivity index (χ1v) is 7.44. The molecule has 3 nitrogen and oxygen atoms in total. The first-order chi connectivity index (χ1) is 7.64. The molecular formula is C12H24N2OS. The predicted molar refractivity (Wildman–Crippen MR) is 70.6 cm³/mol. The molecule has 1 atom stereocenters. The molecule has 0 heterocycles. The number of carbonyl (C=O) groups is 1. The van der Waals surface area contributed by atoms with Crippen molar-refractivity contribution in [3.8, 4) is 0 Å². The van der Waals surface area contributed by atoms with Crippen LogP contribution in [0.2, 0.25) is 0 Å². The van der Waals surface area contributed by atoms with Crippen molar-refractivity contribution in [3.63, 3.8) is 0 Å². The quantitative estimate of drug-likeness (QED) is 0.748. The summed E-state index contributed by atoms with van der Waals surface area (Å²) >= 11 is 1.84. The lowest BCUT2D eigenvalue weighted by Gasteiger charge is -2.26. The SMILES string of the molecule is CSC(C)CCNC(=O)C1(CN)CCCC1. The Labute approximate surface area is 103 Å². The smallest absolute Gasteiger partial charge is 0.227 e. The first-order valence-electron chi connectivity index (χ1n) is 6.16. The lowest BCUT2D eigenvalue weighted by molar-refractivity contribution is -0.130. The lowest BCUT2D eigenvalue weighted by atomic mass is 9.85. The van der Waals surface area contributed by atoms with Crippen molar-refractivity contribution in [3.05, 3.63) is 0 Å².